The van der Waals surface area contributed by atoms with Crippen molar-refractivity contribution in [3.05, 3.63) is 18.0 Å². The summed E-state index contributed by atoms with van der Waals surface area (Å²) < 4.78 is 6.93. The van der Waals surface area contributed by atoms with Gasteiger partial charge in [-0.3, -0.25) is 9.48 Å². The summed E-state index contributed by atoms with van der Waals surface area (Å²) in [5.41, 5.74) is 0.612. The van der Waals surface area contributed by atoms with E-state index in [1.165, 1.54) is 0 Å². The van der Waals surface area contributed by atoms with Gasteiger partial charge in [0.25, 0.3) is 0 Å². The molecular formula is C9H12N2O2. The Bertz CT molecular complexity index is 339. The van der Waals surface area contributed by atoms with Crippen molar-refractivity contribution in [3.63, 3.8) is 0 Å². The highest BCUT2D eigenvalue weighted by Gasteiger charge is 2.36. The molecular weight excluding hydrogens is 168 g/mol. The first-order valence-electron chi connectivity index (χ1n) is 4.26. The number of aromatic nitrogens is 2. The van der Waals surface area contributed by atoms with Gasteiger partial charge in [0, 0.05) is 6.20 Å². The molecule has 0 aromatic carbocycles. The first kappa shape index (κ1) is 8.44. The van der Waals surface area contributed by atoms with Crippen LogP contribution in [0.15, 0.2) is 12.4 Å². The maximum absolute atomic E-state index is 11.0. The van der Waals surface area contributed by atoms with Gasteiger partial charge in [-0.05, 0) is 13.8 Å². The van der Waals surface area contributed by atoms with Gasteiger partial charge in [-0.25, -0.2) is 0 Å². The largest absolute Gasteiger partial charge is 0.376 e. The third-order valence-corrected chi connectivity index (χ3v) is 2.37. The third-order valence-electron chi connectivity index (χ3n) is 2.37. The monoisotopic (exact) mass is 180 g/mol. The fourth-order valence-electron chi connectivity index (χ4n) is 1.33. The number of Topliss-reactive ketones (excluding diaryl/α,β-unsaturated/α-hetero) is 1. The molecule has 0 saturated carbocycles. The molecule has 1 aliphatic heterocycles. The maximum Gasteiger partial charge on any atom is 0.162 e. The van der Waals surface area contributed by atoms with E-state index in [0.29, 0.717) is 18.8 Å². The smallest absolute Gasteiger partial charge is 0.162 e. The summed E-state index contributed by atoms with van der Waals surface area (Å²) in [6, 6.07) is 0. The highest BCUT2D eigenvalue weighted by molar-refractivity contribution is 5.93. The number of carbonyl (C=O) groups is 1. The lowest BCUT2D eigenvalue weighted by Gasteiger charge is -2.38. The topological polar surface area (TPSA) is 44.1 Å². The van der Waals surface area contributed by atoms with Crippen molar-refractivity contribution >= 4 is 5.78 Å². The second kappa shape index (κ2) is 2.67. The van der Waals surface area contributed by atoms with Gasteiger partial charge in [0.2, 0.25) is 0 Å². The van der Waals surface area contributed by atoms with Gasteiger partial charge < -0.3 is 4.74 Å². The van der Waals surface area contributed by atoms with Crippen LogP contribution in [-0.4, -0.2) is 28.8 Å². The van der Waals surface area contributed by atoms with E-state index in [0.717, 1.165) is 0 Å². The van der Waals surface area contributed by atoms with E-state index in [4.69, 9.17) is 4.74 Å². The number of carbonyl (C=O) groups excluding carboxylic acids is 1. The second-order valence-corrected chi connectivity index (χ2v) is 3.72. The fraction of sp³-hybridized carbons (Fsp3) is 0.556. The Labute approximate surface area is 76.5 Å². The van der Waals surface area contributed by atoms with Crippen molar-refractivity contribution in [3.8, 4) is 0 Å². The van der Waals surface area contributed by atoms with Gasteiger partial charge in [-0.15, -0.1) is 0 Å². The predicted molar refractivity (Wildman–Crippen MR) is 46.7 cm³/mol. The first-order valence-corrected chi connectivity index (χ1v) is 4.26. The highest BCUT2D eigenvalue weighted by Crippen LogP contribution is 2.24. The number of ketones is 1. The van der Waals surface area contributed by atoms with Crippen LogP contribution in [0, 0.1) is 0 Å². The maximum atomic E-state index is 11.0. The molecule has 0 spiro atoms. The Morgan fingerprint density at radius 2 is 2.38 bits per heavy atom. The number of nitrogens with zero attached hydrogens (tertiary/aromatic N) is 2. The van der Waals surface area contributed by atoms with E-state index in [1.807, 2.05) is 4.68 Å². The van der Waals surface area contributed by atoms with E-state index in [-0.39, 0.29) is 11.3 Å². The summed E-state index contributed by atoms with van der Waals surface area (Å²) in [5, 5.41) is 4.15. The standard InChI is InChI=1S/C9H12N2O2/c1-7(12)8-3-10-11(4-8)9(2)5-13-6-9/h3-4H,5-6H2,1-2H3. The zero-order chi connectivity index (χ0) is 9.47. The van der Waals surface area contributed by atoms with Crippen LogP contribution in [0.5, 0.6) is 0 Å². The van der Waals surface area contributed by atoms with Crippen molar-refractivity contribution < 1.29 is 9.53 Å². The van der Waals surface area contributed by atoms with Gasteiger partial charge in [0.05, 0.1) is 25.0 Å². The Morgan fingerprint density at radius 3 is 2.77 bits per heavy atom. The molecule has 1 fully saturated rings. The van der Waals surface area contributed by atoms with Gasteiger partial charge in [0.15, 0.2) is 5.78 Å². The molecule has 4 heteroatoms. The summed E-state index contributed by atoms with van der Waals surface area (Å²) in [7, 11) is 0. The fourth-order valence-corrected chi connectivity index (χ4v) is 1.33. The van der Waals surface area contributed by atoms with E-state index in [9.17, 15) is 4.79 Å². The lowest BCUT2D eigenvalue weighted by atomic mass is 10.0. The van der Waals surface area contributed by atoms with Crippen LogP contribution in [0.3, 0.4) is 0 Å². The summed E-state index contributed by atoms with van der Waals surface area (Å²) in [5.74, 6) is 0.0510. The highest BCUT2D eigenvalue weighted by atomic mass is 16.5. The Hall–Kier alpha value is -1.16. The normalized spacial score (nSPS) is 19.5. The third kappa shape index (κ3) is 1.27. The van der Waals surface area contributed by atoms with E-state index < -0.39 is 0 Å². The molecule has 2 rings (SSSR count). The van der Waals surface area contributed by atoms with Crippen LogP contribution in [0.1, 0.15) is 24.2 Å². The minimum Gasteiger partial charge on any atom is -0.376 e. The van der Waals surface area contributed by atoms with Gasteiger partial charge >= 0.3 is 0 Å². The molecule has 1 aliphatic rings. The molecule has 2 heterocycles. The Morgan fingerprint density at radius 1 is 1.69 bits per heavy atom. The molecule has 1 aromatic heterocycles. The average molecular weight is 180 g/mol. The molecule has 13 heavy (non-hydrogen) atoms. The molecule has 0 amide bonds. The molecule has 4 nitrogen and oxygen atoms in total. The minimum absolute atomic E-state index is 0.0479. The molecule has 0 radical (unpaired) electrons. The first-order chi connectivity index (χ1) is 6.12. The van der Waals surface area contributed by atoms with Crippen molar-refractivity contribution in [2.45, 2.75) is 19.4 Å². The molecule has 70 valence electrons. The lowest BCUT2D eigenvalue weighted by Crippen LogP contribution is -2.49. The van der Waals surface area contributed by atoms with Crippen LogP contribution >= 0.6 is 0 Å². The van der Waals surface area contributed by atoms with Crippen molar-refractivity contribution in [1.82, 2.24) is 9.78 Å². The van der Waals surface area contributed by atoms with Crippen LogP contribution in [0.25, 0.3) is 0 Å². The molecule has 1 saturated heterocycles. The number of hydrogen-bond donors (Lipinski definition) is 0. The minimum atomic E-state index is -0.0479. The predicted octanol–water partition coefficient (Wildman–Crippen LogP) is 0.831. The van der Waals surface area contributed by atoms with Crippen molar-refractivity contribution in [1.29, 1.82) is 0 Å². The van der Waals surface area contributed by atoms with Crippen LogP contribution < -0.4 is 0 Å². The zero-order valence-electron chi connectivity index (χ0n) is 7.78. The van der Waals surface area contributed by atoms with Crippen LogP contribution in [-0.2, 0) is 10.3 Å². The Kier molecular flexibility index (Phi) is 1.73. The number of hydrogen-bond acceptors (Lipinski definition) is 3. The van der Waals surface area contributed by atoms with Crippen LogP contribution in [0.4, 0.5) is 0 Å². The van der Waals surface area contributed by atoms with E-state index in [2.05, 4.69) is 12.0 Å². The molecule has 0 atom stereocenters. The number of ether oxygens (including phenoxy) is 1. The quantitative estimate of drug-likeness (QED) is 0.633. The molecule has 1 aromatic rings. The molecule has 0 N–H and O–H groups in total. The molecule has 0 aliphatic carbocycles. The Balaban J connectivity index is 2.27. The average Bonchev–Trinajstić information content (AvgIpc) is 2.48. The number of rotatable bonds is 2. The molecule has 0 unspecified atom stereocenters. The van der Waals surface area contributed by atoms with Gasteiger partial charge in [-0.2, -0.15) is 5.10 Å². The van der Waals surface area contributed by atoms with Gasteiger partial charge in [-0.1, -0.05) is 0 Å². The lowest BCUT2D eigenvalue weighted by molar-refractivity contribution is -0.0958. The summed E-state index contributed by atoms with van der Waals surface area (Å²) >= 11 is 0. The molecule has 0 bridgehead atoms. The van der Waals surface area contributed by atoms with E-state index in [1.54, 1.807) is 19.3 Å². The second-order valence-electron chi connectivity index (χ2n) is 3.72. The van der Waals surface area contributed by atoms with E-state index >= 15 is 0 Å². The van der Waals surface area contributed by atoms with Crippen molar-refractivity contribution in [2.75, 3.05) is 13.2 Å². The summed E-state index contributed by atoms with van der Waals surface area (Å²) in [4.78, 5) is 11.0. The SMILES string of the molecule is CC(=O)c1cnn(C2(C)COC2)c1. The van der Waals surface area contributed by atoms with Gasteiger partial charge in [0.1, 0.15) is 5.54 Å². The summed E-state index contributed by atoms with van der Waals surface area (Å²) in [6.45, 7) is 4.95. The van der Waals surface area contributed by atoms with Crippen molar-refractivity contribution in [2.24, 2.45) is 0 Å². The zero-order valence-corrected chi connectivity index (χ0v) is 7.78. The summed E-state index contributed by atoms with van der Waals surface area (Å²) in [6.07, 6.45) is 3.39. The van der Waals surface area contributed by atoms with Crippen LogP contribution in [0.2, 0.25) is 0 Å².